The first-order chi connectivity index (χ1) is 19.8. The smallest absolute Gasteiger partial charge is 0.341 e. The van der Waals surface area contributed by atoms with Crippen LogP contribution in [0, 0.1) is 17.8 Å². The molecule has 0 aromatic heterocycles. The standard InChI is InChI=1S/C34H42O7/c1-6-7-24-8-10-26(11-9-24)28-20-38-34(39-21-28)30-18-27(14-17-31(30)41-33(36)23(4)19-37-5)25-12-15-29(16-13-25)40-32(35)22(2)3/h12-18,24,26,28,34H,2,4,6-11,19-21H2,1,3,5H3. The molecule has 2 fully saturated rings. The zero-order valence-electron chi connectivity index (χ0n) is 24.5. The molecular weight excluding hydrogens is 520 g/mol. The summed E-state index contributed by atoms with van der Waals surface area (Å²) in [4.78, 5) is 24.5. The molecule has 41 heavy (non-hydrogen) atoms. The SMILES string of the molecule is C=C(C)C(=O)Oc1ccc(-c2ccc(OC(=O)C(=C)COC)c(C3OCC(C4CCC(CCC)CC4)CO3)c2)cc1. The Morgan fingerprint density at radius 2 is 1.54 bits per heavy atom. The van der Waals surface area contributed by atoms with Crippen molar-refractivity contribution in [2.75, 3.05) is 26.9 Å². The van der Waals surface area contributed by atoms with Crippen molar-refractivity contribution in [1.82, 2.24) is 0 Å². The number of ether oxygens (including phenoxy) is 5. The summed E-state index contributed by atoms with van der Waals surface area (Å²) >= 11 is 0. The fourth-order valence-corrected chi connectivity index (χ4v) is 5.65. The van der Waals surface area contributed by atoms with Crippen LogP contribution in [0.1, 0.15) is 64.2 Å². The Bertz CT molecular complexity index is 1220. The zero-order valence-corrected chi connectivity index (χ0v) is 24.5. The molecule has 0 radical (unpaired) electrons. The monoisotopic (exact) mass is 562 g/mol. The second kappa shape index (κ2) is 14.6. The van der Waals surface area contributed by atoms with Crippen LogP contribution in [0.15, 0.2) is 66.8 Å². The molecule has 7 nitrogen and oxygen atoms in total. The van der Waals surface area contributed by atoms with E-state index in [-0.39, 0.29) is 12.2 Å². The van der Waals surface area contributed by atoms with Gasteiger partial charge in [-0.2, -0.15) is 0 Å². The first kappa shape index (κ1) is 30.7. The highest BCUT2D eigenvalue weighted by molar-refractivity contribution is 5.90. The van der Waals surface area contributed by atoms with E-state index < -0.39 is 18.2 Å². The summed E-state index contributed by atoms with van der Waals surface area (Å²) in [5.74, 6) is 1.57. The molecule has 0 bridgehead atoms. The number of carbonyl (C=O) groups is 2. The van der Waals surface area contributed by atoms with Gasteiger partial charge in [-0.05, 0) is 67.0 Å². The Balaban J connectivity index is 1.50. The van der Waals surface area contributed by atoms with Gasteiger partial charge in [0.05, 0.1) is 31.0 Å². The van der Waals surface area contributed by atoms with Gasteiger partial charge in [0, 0.05) is 18.6 Å². The van der Waals surface area contributed by atoms with E-state index in [0.29, 0.717) is 47.7 Å². The van der Waals surface area contributed by atoms with Crippen LogP contribution in [-0.4, -0.2) is 38.9 Å². The van der Waals surface area contributed by atoms with E-state index in [1.165, 1.54) is 45.6 Å². The van der Waals surface area contributed by atoms with Gasteiger partial charge < -0.3 is 23.7 Å². The van der Waals surface area contributed by atoms with Crippen LogP contribution in [0.2, 0.25) is 0 Å². The van der Waals surface area contributed by atoms with E-state index in [0.717, 1.165) is 17.0 Å². The Hall–Kier alpha value is -3.26. The number of benzene rings is 2. The molecular formula is C34H42O7. The number of rotatable bonds is 11. The second-order valence-corrected chi connectivity index (χ2v) is 11.2. The van der Waals surface area contributed by atoms with Crippen molar-refractivity contribution in [3.8, 4) is 22.6 Å². The fourth-order valence-electron chi connectivity index (χ4n) is 5.65. The lowest BCUT2D eigenvalue weighted by Gasteiger charge is -2.38. The lowest BCUT2D eigenvalue weighted by Crippen LogP contribution is -2.34. The van der Waals surface area contributed by atoms with Gasteiger partial charge in [0.25, 0.3) is 0 Å². The Morgan fingerprint density at radius 3 is 2.15 bits per heavy atom. The van der Waals surface area contributed by atoms with E-state index >= 15 is 0 Å². The van der Waals surface area contributed by atoms with E-state index in [4.69, 9.17) is 23.7 Å². The van der Waals surface area contributed by atoms with Crippen LogP contribution in [0.4, 0.5) is 0 Å². The minimum absolute atomic E-state index is 0.0765. The summed E-state index contributed by atoms with van der Waals surface area (Å²) in [6, 6.07) is 12.7. The fraction of sp³-hybridized carbons (Fsp3) is 0.471. The van der Waals surface area contributed by atoms with Crippen LogP contribution in [-0.2, 0) is 23.8 Å². The second-order valence-electron chi connectivity index (χ2n) is 11.2. The number of carbonyl (C=O) groups excluding carboxylic acids is 2. The number of esters is 2. The molecule has 1 saturated heterocycles. The van der Waals surface area contributed by atoms with Crippen molar-refractivity contribution in [3.05, 3.63) is 72.3 Å². The predicted octanol–water partition coefficient (Wildman–Crippen LogP) is 7.21. The van der Waals surface area contributed by atoms with E-state index in [1.54, 1.807) is 25.1 Å². The molecule has 1 heterocycles. The number of methoxy groups -OCH3 is 1. The molecule has 4 rings (SSSR count). The van der Waals surface area contributed by atoms with Gasteiger partial charge in [-0.3, -0.25) is 0 Å². The minimum atomic E-state index is -0.670. The van der Waals surface area contributed by atoms with Crippen LogP contribution >= 0.6 is 0 Å². The van der Waals surface area contributed by atoms with E-state index in [9.17, 15) is 9.59 Å². The minimum Gasteiger partial charge on any atom is -0.423 e. The van der Waals surface area contributed by atoms with Gasteiger partial charge in [0.1, 0.15) is 11.5 Å². The molecule has 1 aliphatic heterocycles. The molecule has 0 atom stereocenters. The van der Waals surface area contributed by atoms with E-state index in [1.807, 2.05) is 24.3 Å². The maximum Gasteiger partial charge on any atom is 0.341 e. The lowest BCUT2D eigenvalue weighted by molar-refractivity contribution is -0.215. The van der Waals surface area contributed by atoms with Crippen molar-refractivity contribution in [2.45, 2.75) is 58.7 Å². The van der Waals surface area contributed by atoms with Crippen molar-refractivity contribution >= 4 is 11.9 Å². The molecule has 1 aliphatic carbocycles. The van der Waals surface area contributed by atoms with Crippen molar-refractivity contribution in [2.24, 2.45) is 17.8 Å². The highest BCUT2D eigenvalue weighted by Gasteiger charge is 2.33. The molecule has 0 amide bonds. The molecule has 2 aromatic rings. The normalized spacial score (nSPS) is 22.5. The lowest BCUT2D eigenvalue weighted by atomic mass is 9.75. The third-order valence-electron chi connectivity index (χ3n) is 8.00. The molecule has 1 saturated carbocycles. The molecule has 0 N–H and O–H groups in total. The molecule has 0 spiro atoms. The molecule has 7 heteroatoms. The molecule has 2 aliphatic rings. The third-order valence-corrected chi connectivity index (χ3v) is 8.00. The topological polar surface area (TPSA) is 80.3 Å². The average molecular weight is 563 g/mol. The van der Waals surface area contributed by atoms with Crippen LogP contribution < -0.4 is 9.47 Å². The van der Waals surface area contributed by atoms with Crippen LogP contribution in [0.3, 0.4) is 0 Å². The van der Waals surface area contributed by atoms with Gasteiger partial charge in [0.2, 0.25) is 0 Å². The van der Waals surface area contributed by atoms with Gasteiger partial charge in [0.15, 0.2) is 6.29 Å². The summed E-state index contributed by atoms with van der Waals surface area (Å²) in [5.41, 5.74) is 2.93. The molecule has 220 valence electrons. The molecule has 2 aromatic carbocycles. The summed E-state index contributed by atoms with van der Waals surface area (Å²) in [5, 5.41) is 0. The quantitative estimate of drug-likeness (QED) is 0.163. The predicted molar refractivity (Wildman–Crippen MR) is 157 cm³/mol. The first-order valence-electron chi connectivity index (χ1n) is 14.5. The molecule has 0 unspecified atom stereocenters. The average Bonchev–Trinajstić information content (AvgIpc) is 2.98. The van der Waals surface area contributed by atoms with Gasteiger partial charge in [-0.15, -0.1) is 0 Å². The Kier molecular flexibility index (Phi) is 10.9. The third kappa shape index (κ3) is 8.15. The number of hydrogen-bond acceptors (Lipinski definition) is 7. The Morgan fingerprint density at radius 1 is 0.878 bits per heavy atom. The Labute approximate surface area is 243 Å². The highest BCUT2D eigenvalue weighted by atomic mass is 16.7. The van der Waals surface area contributed by atoms with E-state index in [2.05, 4.69) is 20.1 Å². The zero-order chi connectivity index (χ0) is 29.4. The van der Waals surface area contributed by atoms with Crippen molar-refractivity contribution < 1.29 is 33.3 Å². The van der Waals surface area contributed by atoms with Gasteiger partial charge in [-0.25, -0.2) is 9.59 Å². The summed E-state index contributed by atoms with van der Waals surface area (Å²) < 4.78 is 28.6. The van der Waals surface area contributed by atoms with Gasteiger partial charge >= 0.3 is 11.9 Å². The summed E-state index contributed by atoms with van der Waals surface area (Å²) in [7, 11) is 1.50. The van der Waals surface area contributed by atoms with Gasteiger partial charge in [-0.1, -0.05) is 64.0 Å². The van der Waals surface area contributed by atoms with Crippen molar-refractivity contribution in [3.63, 3.8) is 0 Å². The number of hydrogen-bond donors (Lipinski definition) is 0. The summed E-state index contributed by atoms with van der Waals surface area (Å²) in [6.45, 7) is 12.5. The maximum atomic E-state index is 12.7. The van der Waals surface area contributed by atoms with Crippen molar-refractivity contribution in [1.29, 1.82) is 0 Å². The maximum absolute atomic E-state index is 12.7. The summed E-state index contributed by atoms with van der Waals surface area (Å²) in [6.07, 6.45) is 6.94. The van der Waals surface area contributed by atoms with Crippen LogP contribution in [0.5, 0.6) is 11.5 Å². The van der Waals surface area contributed by atoms with Crippen LogP contribution in [0.25, 0.3) is 11.1 Å². The first-order valence-corrected chi connectivity index (χ1v) is 14.5. The highest BCUT2D eigenvalue weighted by Crippen LogP contribution is 2.41. The largest absolute Gasteiger partial charge is 0.423 e.